The molecule has 0 atom stereocenters. The van der Waals surface area contributed by atoms with Gasteiger partial charge in [0.2, 0.25) is 11.8 Å². The zero-order valence-corrected chi connectivity index (χ0v) is 14.7. The van der Waals surface area contributed by atoms with Crippen molar-refractivity contribution in [1.82, 2.24) is 4.90 Å². The van der Waals surface area contributed by atoms with E-state index >= 15 is 0 Å². The van der Waals surface area contributed by atoms with E-state index in [-0.39, 0.29) is 11.8 Å². The molecule has 0 aliphatic carbocycles. The molecule has 0 aliphatic heterocycles. The predicted molar refractivity (Wildman–Crippen MR) is 93.7 cm³/mol. The van der Waals surface area contributed by atoms with E-state index in [1.54, 1.807) is 6.08 Å². The lowest BCUT2D eigenvalue weighted by Gasteiger charge is -2.19. The zero-order valence-electron chi connectivity index (χ0n) is 14.7. The molecule has 0 spiro atoms. The summed E-state index contributed by atoms with van der Waals surface area (Å²) in [4.78, 5) is 25.8. The Morgan fingerprint density at radius 1 is 0.773 bits per heavy atom. The monoisotopic (exact) mass is 309 g/mol. The lowest BCUT2D eigenvalue weighted by molar-refractivity contribution is -0.144. The minimum atomic E-state index is -0.0324. The summed E-state index contributed by atoms with van der Waals surface area (Å²) < 4.78 is 0. The Hall–Kier alpha value is -1.12. The third-order valence-corrected chi connectivity index (χ3v) is 3.90. The Kier molecular flexibility index (Phi) is 14.0. The van der Waals surface area contributed by atoms with Crippen molar-refractivity contribution in [2.75, 3.05) is 6.54 Å². The number of amides is 2. The maximum absolute atomic E-state index is 12.2. The second kappa shape index (κ2) is 14.8. The van der Waals surface area contributed by atoms with Crippen LogP contribution in [0, 0.1) is 0 Å². The van der Waals surface area contributed by atoms with E-state index in [1.807, 2.05) is 0 Å². The fourth-order valence-electron chi connectivity index (χ4n) is 2.50. The number of carbonyl (C=O) groups is 2. The van der Waals surface area contributed by atoms with Crippen LogP contribution >= 0.6 is 0 Å². The molecule has 0 N–H and O–H groups in total. The van der Waals surface area contributed by atoms with Crippen LogP contribution in [0.2, 0.25) is 0 Å². The van der Waals surface area contributed by atoms with E-state index in [4.69, 9.17) is 0 Å². The third-order valence-electron chi connectivity index (χ3n) is 3.90. The Labute approximate surface area is 137 Å². The molecule has 3 heteroatoms. The Bertz CT molecular complexity index is 287. The highest BCUT2D eigenvalue weighted by Gasteiger charge is 2.18. The molecule has 2 amide bonds. The first-order valence-corrected chi connectivity index (χ1v) is 9.11. The summed E-state index contributed by atoms with van der Waals surface area (Å²) in [6.45, 7) is 8.36. The van der Waals surface area contributed by atoms with Crippen molar-refractivity contribution in [3.63, 3.8) is 0 Å². The van der Waals surface area contributed by atoms with Crippen LogP contribution in [-0.4, -0.2) is 23.3 Å². The van der Waals surface area contributed by atoms with Crippen LogP contribution in [0.1, 0.15) is 90.9 Å². The molecule has 0 radical (unpaired) electrons. The molecule has 0 saturated carbocycles. The Morgan fingerprint density at radius 2 is 1.18 bits per heavy atom. The van der Waals surface area contributed by atoms with E-state index < -0.39 is 0 Å². The molecule has 0 aliphatic rings. The highest BCUT2D eigenvalue weighted by Crippen LogP contribution is 2.10. The van der Waals surface area contributed by atoms with Crippen LogP contribution in [0.5, 0.6) is 0 Å². The summed E-state index contributed by atoms with van der Waals surface area (Å²) >= 11 is 0. The van der Waals surface area contributed by atoms with Crippen LogP contribution < -0.4 is 0 Å². The average Bonchev–Trinajstić information content (AvgIpc) is 2.51. The van der Waals surface area contributed by atoms with Gasteiger partial charge in [0.1, 0.15) is 0 Å². The molecule has 0 bridgehead atoms. The van der Waals surface area contributed by atoms with Crippen LogP contribution in [0.25, 0.3) is 0 Å². The molecular formula is C19H35NO2. The molecule has 3 nitrogen and oxygen atoms in total. The van der Waals surface area contributed by atoms with Crippen molar-refractivity contribution in [3.05, 3.63) is 12.7 Å². The van der Waals surface area contributed by atoms with Crippen molar-refractivity contribution in [2.24, 2.45) is 0 Å². The molecule has 0 aromatic carbocycles. The molecule has 0 heterocycles. The largest absolute Gasteiger partial charge is 0.279 e. The Balaban J connectivity index is 4.06. The van der Waals surface area contributed by atoms with Crippen molar-refractivity contribution in [3.8, 4) is 0 Å². The maximum Gasteiger partial charge on any atom is 0.229 e. The number of unbranched alkanes of at least 4 members (excludes halogenated alkanes) is 8. The van der Waals surface area contributed by atoms with Crippen LogP contribution in [0.15, 0.2) is 12.7 Å². The van der Waals surface area contributed by atoms with Gasteiger partial charge in [0.15, 0.2) is 0 Å². The van der Waals surface area contributed by atoms with Gasteiger partial charge in [-0.2, -0.15) is 0 Å². The van der Waals surface area contributed by atoms with Gasteiger partial charge in [-0.25, -0.2) is 0 Å². The summed E-state index contributed by atoms with van der Waals surface area (Å²) in [5.41, 5.74) is 0. The van der Waals surface area contributed by atoms with Gasteiger partial charge >= 0.3 is 0 Å². The summed E-state index contributed by atoms with van der Waals surface area (Å²) in [6.07, 6.45) is 13.7. The number of rotatable bonds is 14. The van der Waals surface area contributed by atoms with E-state index in [2.05, 4.69) is 20.4 Å². The van der Waals surface area contributed by atoms with Gasteiger partial charge in [-0.1, -0.05) is 71.3 Å². The van der Waals surface area contributed by atoms with Crippen LogP contribution in [-0.2, 0) is 9.59 Å². The normalized spacial score (nSPS) is 10.5. The number of imide groups is 1. The molecule has 22 heavy (non-hydrogen) atoms. The zero-order chi connectivity index (χ0) is 16.6. The van der Waals surface area contributed by atoms with Gasteiger partial charge in [-0.3, -0.25) is 14.5 Å². The van der Waals surface area contributed by atoms with E-state index in [1.165, 1.54) is 43.4 Å². The van der Waals surface area contributed by atoms with Gasteiger partial charge in [0.25, 0.3) is 0 Å². The van der Waals surface area contributed by atoms with Crippen molar-refractivity contribution < 1.29 is 9.59 Å². The molecule has 128 valence electrons. The SMILES string of the molecule is C=CCN(C(=O)CCCCCCC)C(=O)CCCCCCC. The van der Waals surface area contributed by atoms with Gasteiger partial charge in [0, 0.05) is 19.4 Å². The molecule has 0 aromatic rings. The average molecular weight is 309 g/mol. The van der Waals surface area contributed by atoms with Crippen LogP contribution in [0.3, 0.4) is 0 Å². The molecule has 0 saturated heterocycles. The molecule has 0 aromatic heterocycles. The highest BCUT2D eigenvalue weighted by atomic mass is 16.2. The smallest absolute Gasteiger partial charge is 0.229 e. The first-order valence-electron chi connectivity index (χ1n) is 9.11. The number of hydrogen-bond donors (Lipinski definition) is 0. The summed E-state index contributed by atoms with van der Waals surface area (Å²) in [6, 6.07) is 0. The van der Waals surface area contributed by atoms with Crippen molar-refractivity contribution >= 4 is 11.8 Å². The van der Waals surface area contributed by atoms with E-state index in [0.717, 1.165) is 25.7 Å². The number of hydrogen-bond acceptors (Lipinski definition) is 2. The van der Waals surface area contributed by atoms with Crippen molar-refractivity contribution in [2.45, 2.75) is 90.9 Å². The maximum atomic E-state index is 12.2. The lowest BCUT2D eigenvalue weighted by Crippen LogP contribution is -2.36. The van der Waals surface area contributed by atoms with Gasteiger partial charge < -0.3 is 0 Å². The first-order chi connectivity index (χ1) is 10.7. The summed E-state index contributed by atoms with van der Waals surface area (Å²) in [5, 5.41) is 0. The third kappa shape index (κ3) is 10.6. The van der Waals surface area contributed by atoms with E-state index in [0.29, 0.717) is 19.4 Å². The predicted octanol–water partition coefficient (Wildman–Crippen LogP) is 5.25. The first kappa shape index (κ1) is 20.9. The van der Waals surface area contributed by atoms with Gasteiger partial charge in [0.05, 0.1) is 0 Å². The second-order valence-electron chi connectivity index (χ2n) is 6.02. The summed E-state index contributed by atoms with van der Waals surface area (Å²) in [5.74, 6) is -0.0649. The second-order valence-corrected chi connectivity index (χ2v) is 6.02. The Morgan fingerprint density at radius 3 is 1.55 bits per heavy atom. The molecule has 0 unspecified atom stereocenters. The van der Waals surface area contributed by atoms with Crippen molar-refractivity contribution in [1.29, 1.82) is 0 Å². The van der Waals surface area contributed by atoms with Crippen LogP contribution in [0.4, 0.5) is 0 Å². The fraction of sp³-hybridized carbons (Fsp3) is 0.789. The standard InChI is InChI=1S/C19H35NO2/c1-4-7-9-11-13-15-18(21)20(17-6-3)19(22)16-14-12-10-8-5-2/h6H,3-5,7-17H2,1-2H3. The minimum Gasteiger partial charge on any atom is -0.279 e. The van der Waals surface area contributed by atoms with Gasteiger partial charge in [-0.05, 0) is 12.8 Å². The minimum absolute atomic E-state index is 0.0324. The topological polar surface area (TPSA) is 37.4 Å². The summed E-state index contributed by atoms with van der Waals surface area (Å²) in [7, 11) is 0. The lowest BCUT2D eigenvalue weighted by atomic mass is 10.1. The quantitative estimate of drug-likeness (QED) is 0.325. The molecule has 0 rings (SSSR count). The number of carbonyl (C=O) groups excluding carboxylic acids is 2. The highest BCUT2D eigenvalue weighted by molar-refractivity contribution is 5.95. The fourth-order valence-corrected chi connectivity index (χ4v) is 2.50. The van der Waals surface area contributed by atoms with E-state index in [9.17, 15) is 9.59 Å². The van der Waals surface area contributed by atoms with Gasteiger partial charge in [-0.15, -0.1) is 6.58 Å². The molecule has 0 fully saturated rings. The molecular weight excluding hydrogens is 274 g/mol. The number of nitrogens with zero attached hydrogens (tertiary/aromatic N) is 1.